The van der Waals surface area contributed by atoms with Gasteiger partial charge in [-0.2, -0.15) is 0 Å². The van der Waals surface area contributed by atoms with Crippen molar-refractivity contribution >= 4 is 16.6 Å². The molecule has 0 bridgehead atoms. The third-order valence-corrected chi connectivity index (χ3v) is 7.32. The van der Waals surface area contributed by atoms with Gasteiger partial charge in [-0.05, 0) is 59.3 Å². The molecular formula is C24H36O2S. The first-order valence-corrected chi connectivity index (χ1v) is 11.7. The molecule has 0 amide bonds. The lowest BCUT2D eigenvalue weighted by Gasteiger charge is -2.24. The highest BCUT2D eigenvalue weighted by Crippen LogP contribution is 2.37. The lowest BCUT2D eigenvalue weighted by Crippen LogP contribution is -2.25. The van der Waals surface area contributed by atoms with Gasteiger partial charge < -0.3 is 0 Å². The minimum Gasteiger partial charge on any atom is -0.293 e. The molecule has 2 nitrogen and oxygen atoms in total. The van der Waals surface area contributed by atoms with E-state index in [1.54, 1.807) is 0 Å². The van der Waals surface area contributed by atoms with E-state index in [0.717, 1.165) is 40.9 Å². The SMILES string of the molecule is CCCCC1=CC[C@H](S(=O)c2c(C(C)C)cc(C(C)C)cc2C(C)C)C1=O. The summed E-state index contributed by atoms with van der Waals surface area (Å²) in [6.07, 6.45) is 5.57. The fourth-order valence-electron chi connectivity index (χ4n) is 3.70. The fourth-order valence-corrected chi connectivity index (χ4v) is 5.66. The molecule has 1 aliphatic rings. The molecule has 0 saturated heterocycles. The Labute approximate surface area is 168 Å². The third-order valence-electron chi connectivity index (χ3n) is 5.53. The molecule has 0 aromatic heterocycles. The van der Waals surface area contributed by atoms with E-state index in [-0.39, 0.29) is 17.6 Å². The smallest absolute Gasteiger partial charge is 0.174 e. The predicted molar refractivity (Wildman–Crippen MR) is 116 cm³/mol. The second kappa shape index (κ2) is 9.32. The molecule has 2 atom stereocenters. The van der Waals surface area contributed by atoms with Crippen LogP contribution in [0.15, 0.2) is 28.7 Å². The maximum absolute atomic E-state index is 13.7. The van der Waals surface area contributed by atoms with Crippen molar-refractivity contribution in [3.8, 4) is 0 Å². The summed E-state index contributed by atoms with van der Waals surface area (Å²) in [7, 11) is -1.30. The van der Waals surface area contributed by atoms with E-state index in [2.05, 4.69) is 60.6 Å². The van der Waals surface area contributed by atoms with Crippen molar-refractivity contribution < 1.29 is 9.00 Å². The molecule has 0 aliphatic heterocycles. The van der Waals surface area contributed by atoms with Gasteiger partial charge >= 0.3 is 0 Å². The number of Topliss-reactive ketones (excluding diaryl/α,β-unsaturated/α-hetero) is 1. The van der Waals surface area contributed by atoms with Gasteiger partial charge in [0.15, 0.2) is 5.78 Å². The first-order valence-electron chi connectivity index (χ1n) is 10.5. The number of carbonyl (C=O) groups is 1. The molecule has 1 aromatic carbocycles. The monoisotopic (exact) mass is 388 g/mol. The van der Waals surface area contributed by atoms with Crippen molar-refractivity contribution in [2.75, 3.05) is 0 Å². The Bertz CT molecular complexity index is 712. The summed E-state index contributed by atoms with van der Waals surface area (Å²) in [5, 5.41) is -0.406. The first kappa shape index (κ1) is 22.1. The first-order chi connectivity index (χ1) is 12.7. The Morgan fingerprint density at radius 3 is 2.00 bits per heavy atom. The highest BCUT2D eigenvalue weighted by molar-refractivity contribution is 7.86. The van der Waals surface area contributed by atoms with Gasteiger partial charge in [0.05, 0.1) is 10.8 Å². The van der Waals surface area contributed by atoms with E-state index in [1.165, 1.54) is 5.56 Å². The number of allylic oxidation sites excluding steroid dienone is 2. The van der Waals surface area contributed by atoms with Gasteiger partial charge in [-0.25, -0.2) is 0 Å². The van der Waals surface area contributed by atoms with Crippen LogP contribution in [-0.4, -0.2) is 15.2 Å². The zero-order valence-corrected chi connectivity index (χ0v) is 18.9. The van der Waals surface area contributed by atoms with Crippen molar-refractivity contribution in [2.24, 2.45) is 0 Å². The normalized spacial score (nSPS) is 18.7. The summed E-state index contributed by atoms with van der Waals surface area (Å²) in [6.45, 7) is 15.2. The minimum absolute atomic E-state index is 0.110. The minimum atomic E-state index is -1.30. The van der Waals surface area contributed by atoms with Crippen LogP contribution < -0.4 is 0 Å². The van der Waals surface area contributed by atoms with Gasteiger partial charge in [-0.3, -0.25) is 9.00 Å². The molecule has 0 fully saturated rings. The van der Waals surface area contributed by atoms with Gasteiger partial charge in [0, 0.05) is 4.90 Å². The van der Waals surface area contributed by atoms with Gasteiger partial charge in [-0.15, -0.1) is 0 Å². The number of hydrogen-bond acceptors (Lipinski definition) is 2. The predicted octanol–water partition coefficient (Wildman–Crippen LogP) is 6.62. The van der Waals surface area contributed by atoms with Crippen LogP contribution in [0, 0.1) is 0 Å². The molecule has 0 N–H and O–H groups in total. The van der Waals surface area contributed by atoms with Gasteiger partial charge in [-0.1, -0.05) is 73.1 Å². The number of unbranched alkanes of at least 4 members (excludes halogenated alkanes) is 1. The summed E-state index contributed by atoms with van der Waals surface area (Å²) < 4.78 is 13.7. The average molecular weight is 389 g/mol. The number of carbonyl (C=O) groups excluding carboxylic acids is 1. The van der Waals surface area contributed by atoms with Crippen molar-refractivity contribution in [1.29, 1.82) is 0 Å². The van der Waals surface area contributed by atoms with E-state index in [0.29, 0.717) is 12.3 Å². The second-order valence-electron chi connectivity index (χ2n) is 8.71. The molecule has 1 aliphatic carbocycles. The summed E-state index contributed by atoms with van der Waals surface area (Å²) in [5.41, 5.74) is 4.49. The molecule has 0 radical (unpaired) electrons. The van der Waals surface area contributed by atoms with Gasteiger partial charge in [0.1, 0.15) is 5.25 Å². The highest BCUT2D eigenvalue weighted by Gasteiger charge is 2.35. The zero-order chi connectivity index (χ0) is 20.3. The summed E-state index contributed by atoms with van der Waals surface area (Å²) in [4.78, 5) is 13.8. The zero-order valence-electron chi connectivity index (χ0n) is 18.1. The third kappa shape index (κ3) is 4.80. The Morgan fingerprint density at radius 2 is 1.56 bits per heavy atom. The van der Waals surface area contributed by atoms with Crippen LogP contribution >= 0.6 is 0 Å². The molecule has 0 spiro atoms. The maximum Gasteiger partial charge on any atom is 0.174 e. The van der Waals surface area contributed by atoms with Crippen molar-refractivity contribution in [3.05, 3.63) is 40.5 Å². The molecule has 3 heteroatoms. The Balaban J connectivity index is 2.48. The molecule has 1 unspecified atom stereocenters. The molecule has 0 saturated carbocycles. The largest absolute Gasteiger partial charge is 0.293 e. The topological polar surface area (TPSA) is 34.1 Å². The van der Waals surface area contributed by atoms with E-state index >= 15 is 0 Å². The van der Waals surface area contributed by atoms with E-state index in [1.807, 2.05) is 6.08 Å². The van der Waals surface area contributed by atoms with Crippen LogP contribution in [0.5, 0.6) is 0 Å². The van der Waals surface area contributed by atoms with Crippen molar-refractivity contribution in [3.63, 3.8) is 0 Å². The Hall–Kier alpha value is -1.22. The number of rotatable bonds is 8. The number of ketones is 1. The molecule has 150 valence electrons. The van der Waals surface area contributed by atoms with Crippen LogP contribution in [0.25, 0.3) is 0 Å². The van der Waals surface area contributed by atoms with Crippen molar-refractivity contribution in [2.45, 2.75) is 102 Å². The lowest BCUT2D eigenvalue weighted by molar-refractivity contribution is -0.114. The van der Waals surface area contributed by atoms with Gasteiger partial charge in [0.25, 0.3) is 0 Å². The number of benzene rings is 1. The fraction of sp³-hybridized carbons (Fsp3) is 0.625. The van der Waals surface area contributed by atoms with E-state index in [9.17, 15) is 9.00 Å². The Kier molecular flexibility index (Phi) is 7.62. The van der Waals surface area contributed by atoms with Crippen LogP contribution in [0.3, 0.4) is 0 Å². The summed E-state index contributed by atoms with van der Waals surface area (Å²) in [5.74, 6) is 1.10. The lowest BCUT2D eigenvalue weighted by atomic mass is 9.89. The average Bonchev–Trinajstić information content (AvgIpc) is 2.98. The summed E-state index contributed by atoms with van der Waals surface area (Å²) >= 11 is 0. The molecule has 0 heterocycles. The maximum atomic E-state index is 13.7. The highest BCUT2D eigenvalue weighted by atomic mass is 32.2. The van der Waals surface area contributed by atoms with Gasteiger partial charge in [0.2, 0.25) is 0 Å². The number of hydrogen-bond donors (Lipinski definition) is 0. The molecule has 27 heavy (non-hydrogen) atoms. The van der Waals surface area contributed by atoms with Crippen molar-refractivity contribution in [1.82, 2.24) is 0 Å². The van der Waals surface area contributed by atoms with E-state index < -0.39 is 16.0 Å². The van der Waals surface area contributed by atoms with E-state index in [4.69, 9.17) is 0 Å². The van der Waals surface area contributed by atoms with Crippen LogP contribution in [0.1, 0.15) is 109 Å². The van der Waals surface area contributed by atoms with Crippen LogP contribution in [0.2, 0.25) is 0 Å². The Morgan fingerprint density at radius 1 is 1.00 bits per heavy atom. The molecule has 2 rings (SSSR count). The quantitative estimate of drug-likeness (QED) is 0.501. The second-order valence-corrected chi connectivity index (χ2v) is 10.3. The molecule has 1 aromatic rings. The van der Waals surface area contributed by atoms with Crippen LogP contribution in [0.4, 0.5) is 0 Å². The standard InChI is InChI=1S/C24H36O2S/c1-8-9-10-18-11-12-22(23(18)25)27(26)24-20(16(4)5)13-19(15(2)3)14-21(24)17(6)7/h11,13-17,22H,8-10,12H2,1-7H3/t22-,27?/m0/s1. The summed E-state index contributed by atoms with van der Waals surface area (Å²) in [6, 6.07) is 4.44. The van der Waals surface area contributed by atoms with Crippen LogP contribution in [-0.2, 0) is 15.6 Å². The molecular weight excluding hydrogens is 352 g/mol.